The Labute approximate surface area is 93.6 Å². The monoisotopic (exact) mass is 254 g/mol. The van der Waals surface area contributed by atoms with E-state index >= 15 is 0 Å². The lowest BCUT2D eigenvalue weighted by molar-refractivity contribution is -0.269. The van der Waals surface area contributed by atoms with Gasteiger partial charge in [-0.2, -0.15) is 17.6 Å². The maximum absolute atomic E-state index is 12.4. The Bertz CT molecular complexity index is 395. The molecule has 0 fully saturated rings. The second-order valence-electron chi connectivity index (χ2n) is 2.80. The van der Waals surface area contributed by atoms with Gasteiger partial charge in [-0.05, 0) is 18.2 Å². The lowest BCUT2D eigenvalue weighted by atomic mass is 10.2. The molecular weight excluding hydrogens is 248 g/mol. The molecule has 0 bridgehead atoms. The fraction of sp³-hybridized carbons (Fsp3) is 0.222. The van der Waals surface area contributed by atoms with Crippen LogP contribution in [-0.4, -0.2) is 18.5 Å². The molecule has 0 N–H and O–H groups in total. The van der Waals surface area contributed by atoms with Crippen molar-refractivity contribution >= 4 is 18.6 Å². The van der Waals surface area contributed by atoms with Crippen LogP contribution in [0.5, 0.6) is 0 Å². The highest BCUT2D eigenvalue weighted by Crippen LogP contribution is 2.25. The van der Waals surface area contributed by atoms with Crippen molar-refractivity contribution in [3.8, 4) is 0 Å². The zero-order valence-electron chi connectivity index (χ0n) is 7.66. The molecule has 88 valence electrons. The lowest BCUT2D eigenvalue weighted by Gasteiger charge is -2.15. The molecule has 7 heteroatoms. The highest BCUT2D eigenvalue weighted by molar-refractivity contribution is 7.80. The highest BCUT2D eigenvalue weighted by Gasteiger charge is 2.45. The van der Waals surface area contributed by atoms with Crippen LogP contribution in [0.3, 0.4) is 0 Å². The third-order valence-corrected chi connectivity index (χ3v) is 1.84. The number of esters is 1. The number of carbonyl (C=O) groups is 1. The van der Waals surface area contributed by atoms with Gasteiger partial charge in [0.2, 0.25) is 0 Å². The number of rotatable bonds is 3. The average Bonchev–Trinajstić information content (AvgIpc) is 2.16. The van der Waals surface area contributed by atoms with Crippen LogP contribution in [0.25, 0.3) is 0 Å². The predicted molar refractivity (Wildman–Crippen MR) is 50.1 cm³/mol. The van der Waals surface area contributed by atoms with Gasteiger partial charge in [0.15, 0.2) is 0 Å². The first-order valence-electron chi connectivity index (χ1n) is 4.01. The maximum atomic E-state index is 12.4. The molecular formula is C9H6F4O2S. The van der Waals surface area contributed by atoms with Gasteiger partial charge in [0, 0.05) is 4.90 Å². The Morgan fingerprint density at radius 3 is 2.50 bits per heavy atom. The van der Waals surface area contributed by atoms with E-state index in [1.807, 2.05) is 0 Å². The second kappa shape index (κ2) is 4.73. The van der Waals surface area contributed by atoms with E-state index in [0.29, 0.717) is 4.90 Å². The van der Waals surface area contributed by atoms with Crippen molar-refractivity contribution < 1.29 is 27.1 Å². The summed E-state index contributed by atoms with van der Waals surface area (Å²) in [6.45, 7) is 0. The van der Waals surface area contributed by atoms with Crippen molar-refractivity contribution in [2.75, 3.05) is 0 Å². The predicted octanol–water partition coefficient (Wildman–Crippen LogP) is 2.99. The number of carbonyl (C=O) groups excluding carboxylic acids is 1. The molecule has 0 spiro atoms. The van der Waals surface area contributed by atoms with Gasteiger partial charge in [0.05, 0.1) is 5.56 Å². The molecule has 16 heavy (non-hydrogen) atoms. The molecule has 0 atom stereocenters. The molecule has 0 saturated heterocycles. The van der Waals surface area contributed by atoms with Crippen LogP contribution in [0, 0.1) is 0 Å². The van der Waals surface area contributed by atoms with Crippen LogP contribution >= 0.6 is 12.6 Å². The van der Waals surface area contributed by atoms with Gasteiger partial charge in [-0.25, -0.2) is 4.79 Å². The van der Waals surface area contributed by atoms with Crippen LogP contribution in [-0.2, 0) is 4.74 Å². The van der Waals surface area contributed by atoms with E-state index in [-0.39, 0.29) is 5.56 Å². The van der Waals surface area contributed by atoms with Crippen LogP contribution in [0.1, 0.15) is 10.4 Å². The zero-order chi connectivity index (χ0) is 12.3. The molecule has 0 radical (unpaired) electrons. The standard InChI is InChI=1S/C9H6F4O2S/c10-8(11)9(12,13)15-7(14)5-2-1-3-6(16)4-5/h1-4,8,16H. The Hall–Kier alpha value is -1.24. The summed E-state index contributed by atoms with van der Waals surface area (Å²) in [7, 11) is 0. The lowest BCUT2D eigenvalue weighted by Crippen LogP contribution is -2.32. The Kier molecular flexibility index (Phi) is 3.79. The quantitative estimate of drug-likeness (QED) is 0.510. The number of benzene rings is 1. The van der Waals surface area contributed by atoms with Gasteiger partial charge in [0.1, 0.15) is 0 Å². The molecule has 1 rings (SSSR count). The number of thiol groups is 1. The first-order chi connectivity index (χ1) is 7.33. The van der Waals surface area contributed by atoms with E-state index in [1.165, 1.54) is 12.1 Å². The molecule has 0 amide bonds. The summed E-state index contributed by atoms with van der Waals surface area (Å²) in [4.78, 5) is 11.4. The van der Waals surface area contributed by atoms with Crippen molar-refractivity contribution in [1.82, 2.24) is 0 Å². The van der Waals surface area contributed by atoms with Gasteiger partial charge >= 0.3 is 18.5 Å². The van der Waals surface area contributed by atoms with E-state index in [9.17, 15) is 22.4 Å². The molecule has 1 aromatic carbocycles. The molecule has 0 aromatic heterocycles. The molecule has 0 aliphatic carbocycles. The fourth-order valence-corrected chi connectivity index (χ4v) is 1.09. The van der Waals surface area contributed by atoms with Gasteiger partial charge < -0.3 is 4.74 Å². The van der Waals surface area contributed by atoms with E-state index in [0.717, 1.165) is 12.1 Å². The number of alkyl halides is 4. The van der Waals surface area contributed by atoms with Gasteiger partial charge in [-0.3, -0.25) is 0 Å². The summed E-state index contributed by atoms with van der Waals surface area (Å²) in [5, 5.41) is 0. The van der Waals surface area contributed by atoms with E-state index in [4.69, 9.17) is 0 Å². The second-order valence-corrected chi connectivity index (χ2v) is 3.32. The summed E-state index contributed by atoms with van der Waals surface area (Å²) >= 11 is 3.86. The number of halogens is 4. The topological polar surface area (TPSA) is 26.3 Å². The third kappa shape index (κ3) is 3.13. The summed E-state index contributed by atoms with van der Waals surface area (Å²) in [6, 6.07) is 5.14. The van der Waals surface area contributed by atoms with E-state index < -0.39 is 18.5 Å². The van der Waals surface area contributed by atoms with Gasteiger partial charge in [-0.15, -0.1) is 12.6 Å². The highest BCUT2D eigenvalue weighted by atomic mass is 32.1. The van der Waals surface area contributed by atoms with Crippen LogP contribution in [0.15, 0.2) is 29.2 Å². The maximum Gasteiger partial charge on any atom is 0.463 e. The van der Waals surface area contributed by atoms with Crippen molar-refractivity contribution in [2.45, 2.75) is 17.4 Å². The van der Waals surface area contributed by atoms with Crippen LogP contribution in [0.2, 0.25) is 0 Å². The van der Waals surface area contributed by atoms with Crippen molar-refractivity contribution in [1.29, 1.82) is 0 Å². The van der Waals surface area contributed by atoms with Gasteiger partial charge in [0.25, 0.3) is 0 Å². The minimum atomic E-state index is -4.79. The van der Waals surface area contributed by atoms with Crippen LogP contribution in [0.4, 0.5) is 17.6 Å². The summed E-state index contributed by atoms with van der Waals surface area (Å²) in [6.07, 6.45) is -8.85. The smallest absolute Gasteiger partial charge is 0.393 e. The number of hydrogen-bond acceptors (Lipinski definition) is 3. The number of hydrogen-bond donors (Lipinski definition) is 1. The molecule has 0 unspecified atom stereocenters. The van der Waals surface area contributed by atoms with Crippen LogP contribution < -0.4 is 0 Å². The molecule has 0 saturated carbocycles. The minimum Gasteiger partial charge on any atom is -0.393 e. The Morgan fingerprint density at radius 1 is 1.38 bits per heavy atom. The SMILES string of the molecule is O=C(OC(F)(F)C(F)F)c1cccc(S)c1. The average molecular weight is 254 g/mol. The molecule has 1 aromatic rings. The normalized spacial score (nSPS) is 11.6. The third-order valence-electron chi connectivity index (χ3n) is 1.56. The summed E-state index contributed by atoms with van der Waals surface area (Å²) < 4.78 is 51.6. The molecule has 0 aliphatic rings. The largest absolute Gasteiger partial charge is 0.463 e. The van der Waals surface area contributed by atoms with Gasteiger partial charge in [-0.1, -0.05) is 6.07 Å². The first-order valence-corrected chi connectivity index (χ1v) is 4.46. The first kappa shape index (κ1) is 12.8. The van der Waals surface area contributed by atoms with Crippen molar-refractivity contribution in [2.24, 2.45) is 0 Å². The Morgan fingerprint density at radius 2 is 2.00 bits per heavy atom. The van der Waals surface area contributed by atoms with E-state index in [1.54, 1.807) is 0 Å². The van der Waals surface area contributed by atoms with E-state index in [2.05, 4.69) is 17.4 Å². The van der Waals surface area contributed by atoms with Crippen molar-refractivity contribution in [3.63, 3.8) is 0 Å². The summed E-state index contributed by atoms with van der Waals surface area (Å²) in [5.41, 5.74) is -0.271. The Balaban J connectivity index is 2.81. The van der Waals surface area contributed by atoms with Crippen molar-refractivity contribution in [3.05, 3.63) is 29.8 Å². The number of ether oxygens (including phenoxy) is 1. The molecule has 0 aliphatic heterocycles. The fourth-order valence-electron chi connectivity index (χ4n) is 0.860. The molecule has 2 nitrogen and oxygen atoms in total. The zero-order valence-corrected chi connectivity index (χ0v) is 8.56. The molecule has 0 heterocycles. The summed E-state index contributed by atoms with van der Waals surface area (Å²) in [5.74, 6) is -1.53. The minimum absolute atomic E-state index is 0.271.